The predicted molar refractivity (Wildman–Crippen MR) is 90.5 cm³/mol. The van der Waals surface area contributed by atoms with Crippen LogP contribution in [0, 0.1) is 5.82 Å². The highest BCUT2D eigenvalue weighted by molar-refractivity contribution is 7.91. The number of carbonyl (C=O) groups is 1. The number of fused-ring (bicyclic) bond motifs is 1. The van der Waals surface area contributed by atoms with Crippen molar-refractivity contribution in [2.75, 3.05) is 31.1 Å². The van der Waals surface area contributed by atoms with Crippen molar-refractivity contribution in [3.8, 4) is 0 Å². The van der Waals surface area contributed by atoms with Crippen LogP contribution in [0.15, 0.2) is 18.2 Å². The van der Waals surface area contributed by atoms with Gasteiger partial charge in [0.1, 0.15) is 5.82 Å². The first-order valence-corrected chi connectivity index (χ1v) is 10.2. The molecule has 2 atom stereocenters. The van der Waals surface area contributed by atoms with E-state index >= 15 is 0 Å². The molecule has 24 heavy (non-hydrogen) atoms. The number of piperazine rings is 1. The molecule has 1 aromatic rings. The third-order valence-corrected chi connectivity index (χ3v) is 6.66. The average molecular weight is 375 g/mol. The minimum absolute atomic E-state index is 0.0567. The Morgan fingerprint density at radius 1 is 1.29 bits per heavy atom. The van der Waals surface area contributed by atoms with Crippen LogP contribution in [-0.4, -0.2) is 67.3 Å². The van der Waals surface area contributed by atoms with Crippen LogP contribution in [0.2, 0.25) is 5.02 Å². The summed E-state index contributed by atoms with van der Waals surface area (Å²) in [4.78, 5) is 16.4. The van der Waals surface area contributed by atoms with Gasteiger partial charge in [-0.25, -0.2) is 12.8 Å². The van der Waals surface area contributed by atoms with Gasteiger partial charge >= 0.3 is 0 Å². The zero-order valence-corrected chi connectivity index (χ0v) is 15.0. The molecule has 0 N–H and O–H groups in total. The van der Waals surface area contributed by atoms with E-state index in [1.807, 2.05) is 6.92 Å². The van der Waals surface area contributed by atoms with Crippen molar-refractivity contribution < 1.29 is 17.6 Å². The summed E-state index contributed by atoms with van der Waals surface area (Å²) >= 11 is 5.74. The first-order chi connectivity index (χ1) is 11.3. The molecule has 3 rings (SSSR count). The lowest BCUT2D eigenvalue weighted by atomic mass is 10.0. The largest absolute Gasteiger partial charge is 0.332 e. The van der Waals surface area contributed by atoms with Gasteiger partial charge in [0.25, 0.3) is 5.91 Å². The Kier molecular flexibility index (Phi) is 4.86. The number of hydrogen-bond donors (Lipinski definition) is 0. The molecule has 2 fully saturated rings. The Labute approximate surface area is 146 Å². The molecule has 0 aliphatic carbocycles. The number of hydrogen-bond acceptors (Lipinski definition) is 4. The van der Waals surface area contributed by atoms with Crippen molar-refractivity contribution in [3.63, 3.8) is 0 Å². The molecule has 1 amide bonds. The number of rotatable bonds is 3. The van der Waals surface area contributed by atoms with Gasteiger partial charge in [-0.05, 0) is 31.2 Å². The summed E-state index contributed by atoms with van der Waals surface area (Å²) in [6, 6.07) is 3.30. The Morgan fingerprint density at radius 2 is 2.00 bits per heavy atom. The van der Waals surface area contributed by atoms with E-state index in [1.165, 1.54) is 17.0 Å². The van der Waals surface area contributed by atoms with Crippen LogP contribution in [0.1, 0.15) is 23.7 Å². The topological polar surface area (TPSA) is 57.7 Å². The molecule has 0 saturated carbocycles. The maximum Gasteiger partial charge on any atom is 0.257 e. The number of sulfone groups is 1. The fourth-order valence-electron chi connectivity index (χ4n) is 3.66. The van der Waals surface area contributed by atoms with Crippen LogP contribution in [0.3, 0.4) is 0 Å². The minimum Gasteiger partial charge on any atom is -0.332 e. The number of amides is 1. The van der Waals surface area contributed by atoms with Gasteiger partial charge in [-0.3, -0.25) is 9.69 Å². The Hall–Kier alpha value is -1.18. The minimum atomic E-state index is -3.20. The van der Waals surface area contributed by atoms with Crippen molar-refractivity contribution in [1.29, 1.82) is 0 Å². The molecular formula is C16H20ClFN2O3S. The zero-order chi connectivity index (χ0) is 17.5. The number of nitrogens with zero attached hydrogens (tertiary/aromatic N) is 2. The van der Waals surface area contributed by atoms with E-state index in [4.69, 9.17) is 11.6 Å². The van der Waals surface area contributed by atoms with Crippen LogP contribution in [0.4, 0.5) is 4.39 Å². The molecule has 5 nitrogen and oxygen atoms in total. The normalized spacial score (nSPS) is 26.4. The van der Waals surface area contributed by atoms with Crippen molar-refractivity contribution >= 4 is 27.3 Å². The first-order valence-electron chi connectivity index (χ1n) is 8.03. The summed E-state index contributed by atoms with van der Waals surface area (Å²) in [5, 5.41) is 0.220. The second-order valence-corrected chi connectivity index (χ2v) is 8.96. The lowest BCUT2D eigenvalue weighted by molar-refractivity contribution is 0.0329. The van der Waals surface area contributed by atoms with E-state index in [0.29, 0.717) is 13.1 Å². The lowest BCUT2D eigenvalue weighted by Gasteiger charge is -2.43. The monoisotopic (exact) mass is 374 g/mol. The highest BCUT2D eigenvalue weighted by Gasteiger charge is 2.48. The Morgan fingerprint density at radius 3 is 2.67 bits per heavy atom. The molecule has 8 heteroatoms. The van der Waals surface area contributed by atoms with E-state index in [1.54, 1.807) is 0 Å². The molecule has 0 aromatic heterocycles. The molecule has 2 heterocycles. The molecule has 0 bridgehead atoms. The quantitative estimate of drug-likeness (QED) is 0.809. The summed E-state index contributed by atoms with van der Waals surface area (Å²) in [5.41, 5.74) is -0.0635. The van der Waals surface area contributed by atoms with E-state index in [0.717, 1.165) is 19.0 Å². The third kappa shape index (κ3) is 3.30. The molecule has 0 spiro atoms. The van der Waals surface area contributed by atoms with Crippen LogP contribution >= 0.6 is 11.6 Å². The van der Waals surface area contributed by atoms with E-state index in [9.17, 15) is 17.6 Å². The Bertz CT molecular complexity index is 756. The van der Waals surface area contributed by atoms with Crippen molar-refractivity contribution in [2.45, 2.75) is 25.4 Å². The van der Waals surface area contributed by atoms with Gasteiger partial charge in [-0.1, -0.05) is 18.5 Å². The average Bonchev–Trinajstić information content (AvgIpc) is 2.82. The summed E-state index contributed by atoms with van der Waals surface area (Å²) in [6.07, 6.45) is 0.920. The third-order valence-electron chi connectivity index (χ3n) is 4.72. The smallest absolute Gasteiger partial charge is 0.257 e. The Balaban J connectivity index is 1.89. The van der Waals surface area contributed by atoms with E-state index < -0.39 is 27.6 Å². The van der Waals surface area contributed by atoms with Crippen molar-refractivity contribution in [2.24, 2.45) is 0 Å². The summed E-state index contributed by atoms with van der Waals surface area (Å²) in [7, 11) is -3.20. The van der Waals surface area contributed by atoms with Crippen LogP contribution in [-0.2, 0) is 9.84 Å². The van der Waals surface area contributed by atoms with Crippen LogP contribution in [0.5, 0.6) is 0 Å². The highest BCUT2D eigenvalue weighted by Crippen LogP contribution is 2.29. The molecule has 0 radical (unpaired) electrons. The summed E-state index contributed by atoms with van der Waals surface area (Å²) in [5.74, 6) is -1.14. The van der Waals surface area contributed by atoms with Gasteiger partial charge in [-0.15, -0.1) is 0 Å². The van der Waals surface area contributed by atoms with Gasteiger partial charge < -0.3 is 4.90 Å². The zero-order valence-electron chi connectivity index (χ0n) is 13.4. The molecular weight excluding hydrogens is 355 g/mol. The maximum atomic E-state index is 14.1. The first kappa shape index (κ1) is 17.6. The summed E-state index contributed by atoms with van der Waals surface area (Å²) < 4.78 is 38.3. The molecule has 2 aliphatic rings. The van der Waals surface area contributed by atoms with Gasteiger partial charge in [0.05, 0.1) is 23.1 Å². The fraction of sp³-hybridized carbons (Fsp3) is 0.562. The van der Waals surface area contributed by atoms with Gasteiger partial charge in [-0.2, -0.15) is 0 Å². The molecule has 2 unspecified atom stereocenters. The molecule has 132 valence electrons. The number of carbonyl (C=O) groups excluding carboxylic acids is 1. The van der Waals surface area contributed by atoms with Gasteiger partial charge in [0, 0.05) is 24.2 Å². The number of halogens is 2. The molecule has 2 aliphatic heterocycles. The standard InChI is InChI=1S/C16H20ClFN2O3S/c1-2-5-19-6-7-20(15-10-24(22,23)9-14(15)19)16(21)12-4-3-11(17)8-13(12)18/h3-4,8,14-15H,2,5-7,9-10H2,1H3. The van der Waals surface area contributed by atoms with E-state index in [-0.39, 0.29) is 28.1 Å². The predicted octanol–water partition coefficient (Wildman–Crippen LogP) is 1.81. The van der Waals surface area contributed by atoms with Crippen LogP contribution < -0.4 is 0 Å². The fourth-order valence-corrected chi connectivity index (χ4v) is 5.83. The van der Waals surface area contributed by atoms with Crippen molar-refractivity contribution in [1.82, 2.24) is 9.80 Å². The molecule has 2 saturated heterocycles. The maximum absolute atomic E-state index is 14.1. The summed E-state index contributed by atoms with van der Waals surface area (Å²) in [6.45, 7) is 3.84. The number of benzene rings is 1. The van der Waals surface area contributed by atoms with E-state index in [2.05, 4.69) is 4.90 Å². The van der Waals surface area contributed by atoms with Gasteiger partial charge in [0.2, 0.25) is 0 Å². The highest BCUT2D eigenvalue weighted by atomic mass is 35.5. The van der Waals surface area contributed by atoms with Crippen LogP contribution in [0.25, 0.3) is 0 Å². The lowest BCUT2D eigenvalue weighted by Crippen LogP contribution is -2.60. The second kappa shape index (κ2) is 6.61. The SMILES string of the molecule is CCCN1CCN(C(=O)c2ccc(Cl)cc2F)C2CS(=O)(=O)CC21. The van der Waals surface area contributed by atoms with Crippen molar-refractivity contribution in [3.05, 3.63) is 34.6 Å². The van der Waals surface area contributed by atoms with Gasteiger partial charge in [0.15, 0.2) is 9.84 Å². The second-order valence-electron chi connectivity index (χ2n) is 6.37. The molecule has 1 aromatic carbocycles.